The molecular weight excluding hydrogens is 400 g/mol. The van der Waals surface area contributed by atoms with Crippen LogP contribution in [0.15, 0.2) is 53.3 Å². The minimum atomic E-state index is -0.615. The highest BCUT2D eigenvalue weighted by Gasteiger charge is 2.31. The molecule has 2 amide bonds. The summed E-state index contributed by atoms with van der Waals surface area (Å²) < 4.78 is 10.7. The topological polar surface area (TPSA) is 136 Å². The van der Waals surface area contributed by atoms with E-state index in [9.17, 15) is 14.4 Å². The molecule has 1 aliphatic rings. The second-order valence-corrected chi connectivity index (χ2v) is 7.01. The lowest BCUT2D eigenvalue weighted by Crippen LogP contribution is -2.31. The first kappa shape index (κ1) is 20.1. The molecule has 9 heteroatoms. The predicted molar refractivity (Wildman–Crippen MR) is 113 cm³/mol. The third kappa shape index (κ3) is 4.11. The molecule has 2 aromatic carbocycles. The number of anilines is 1. The molecule has 0 spiro atoms. The molecule has 1 aromatic heterocycles. The lowest BCUT2D eigenvalue weighted by Gasteiger charge is -2.25. The average molecular weight is 420 g/mol. The fourth-order valence-corrected chi connectivity index (χ4v) is 3.56. The van der Waals surface area contributed by atoms with Gasteiger partial charge in [-0.25, -0.2) is 4.98 Å². The van der Waals surface area contributed by atoms with Crippen LogP contribution in [0.3, 0.4) is 0 Å². The van der Waals surface area contributed by atoms with Gasteiger partial charge in [0, 0.05) is 17.9 Å². The quantitative estimate of drug-likeness (QED) is 0.556. The van der Waals surface area contributed by atoms with E-state index < -0.39 is 11.8 Å². The van der Waals surface area contributed by atoms with E-state index in [2.05, 4.69) is 15.3 Å². The highest BCUT2D eigenvalue weighted by atomic mass is 16.5. The second kappa shape index (κ2) is 8.31. The number of amides is 2. The third-order valence-electron chi connectivity index (χ3n) is 4.96. The van der Waals surface area contributed by atoms with Gasteiger partial charge in [-0.1, -0.05) is 36.4 Å². The average Bonchev–Trinajstić information content (AvgIpc) is 2.77. The van der Waals surface area contributed by atoms with E-state index in [1.165, 1.54) is 7.11 Å². The SMILES string of the molecule is COc1cc(C2CC(=O)Nc3nc(-c4ccccc4)[nH]c(=O)c32)ccc1OCC(N)=O. The Hall–Kier alpha value is -4.14. The Morgan fingerprint density at radius 3 is 2.65 bits per heavy atom. The van der Waals surface area contributed by atoms with E-state index in [0.717, 1.165) is 5.56 Å². The molecule has 2 heterocycles. The van der Waals surface area contributed by atoms with Crippen LogP contribution in [0.4, 0.5) is 5.82 Å². The van der Waals surface area contributed by atoms with E-state index in [4.69, 9.17) is 15.2 Å². The van der Waals surface area contributed by atoms with Crippen LogP contribution < -0.4 is 26.1 Å². The second-order valence-electron chi connectivity index (χ2n) is 7.01. The molecule has 31 heavy (non-hydrogen) atoms. The van der Waals surface area contributed by atoms with Crippen LogP contribution in [0.5, 0.6) is 11.5 Å². The van der Waals surface area contributed by atoms with Crippen LogP contribution >= 0.6 is 0 Å². The normalized spacial score (nSPS) is 15.0. The van der Waals surface area contributed by atoms with E-state index in [1.807, 2.05) is 30.3 Å². The highest BCUT2D eigenvalue weighted by Crippen LogP contribution is 2.38. The predicted octanol–water partition coefficient (Wildman–Crippen LogP) is 1.78. The Balaban J connectivity index is 1.75. The number of nitrogens with one attached hydrogen (secondary N) is 2. The maximum Gasteiger partial charge on any atom is 0.257 e. The Bertz CT molecular complexity index is 1210. The van der Waals surface area contributed by atoms with Crippen molar-refractivity contribution >= 4 is 17.6 Å². The molecule has 4 rings (SSSR count). The number of nitrogens with zero attached hydrogens (tertiary/aromatic N) is 1. The van der Waals surface area contributed by atoms with Crippen molar-refractivity contribution in [2.45, 2.75) is 12.3 Å². The number of carbonyl (C=O) groups excluding carboxylic acids is 2. The van der Waals surface area contributed by atoms with Crippen LogP contribution in [-0.4, -0.2) is 35.5 Å². The van der Waals surface area contributed by atoms with E-state index >= 15 is 0 Å². The minimum absolute atomic E-state index is 0.0765. The number of benzene rings is 2. The zero-order chi connectivity index (χ0) is 22.0. The van der Waals surface area contributed by atoms with E-state index in [-0.39, 0.29) is 30.3 Å². The monoisotopic (exact) mass is 420 g/mol. The Morgan fingerprint density at radius 1 is 1.16 bits per heavy atom. The van der Waals surface area contributed by atoms with Gasteiger partial charge < -0.3 is 25.5 Å². The van der Waals surface area contributed by atoms with Crippen molar-refractivity contribution < 1.29 is 19.1 Å². The van der Waals surface area contributed by atoms with E-state index in [1.54, 1.807) is 18.2 Å². The van der Waals surface area contributed by atoms with Gasteiger partial charge in [0.05, 0.1) is 12.7 Å². The van der Waals surface area contributed by atoms with Gasteiger partial charge in [-0.2, -0.15) is 0 Å². The van der Waals surface area contributed by atoms with Crippen LogP contribution in [0.1, 0.15) is 23.5 Å². The van der Waals surface area contributed by atoms with E-state index in [0.29, 0.717) is 28.5 Å². The highest BCUT2D eigenvalue weighted by molar-refractivity contribution is 5.94. The lowest BCUT2D eigenvalue weighted by molar-refractivity contribution is -0.120. The summed E-state index contributed by atoms with van der Waals surface area (Å²) >= 11 is 0. The van der Waals surface area contributed by atoms with Crippen molar-refractivity contribution in [1.82, 2.24) is 9.97 Å². The number of carbonyl (C=O) groups is 2. The zero-order valence-electron chi connectivity index (χ0n) is 16.7. The molecule has 1 atom stereocenters. The van der Waals surface area contributed by atoms with Crippen molar-refractivity contribution in [2.24, 2.45) is 5.73 Å². The molecule has 0 saturated carbocycles. The molecule has 0 aliphatic carbocycles. The number of methoxy groups -OCH3 is 1. The number of primary amides is 1. The first-order valence-electron chi connectivity index (χ1n) is 9.54. The fourth-order valence-electron chi connectivity index (χ4n) is 3.56. The van der Waals surface area contributed by atoms with Crippen molar-refractivity contribution in [1.29, 1.82) is 0 Å². The van der Waals surface area contributed by atoms with Crippen LogP contribution in [0.2, 0.25) is 0 Å². The maximum atomic E-state index is 13.0. The van der Waals surface area contributed by atoms with Crippen LogP contribution in [-0.2, 0) is 9.59 Å². The van der Waals surface area contributed by atoms with Gasteiger partial charge in [0.15, 0.2) is 18.1 Å². The fraction of sp³-hybridized carbons (Fsp3) is 0.182. The van der Waals surface area contributed by atoms with Crippen molar-refractivity contribution in [3.8, 4) is 22.9 Å². The Labute approximate surface area is 177 Å². The standard InChI is InChI=1S/C22H20N4O5/c1-30-16-9-13(7-8-15(16)31-11-17(23)27)14-10-18(28)24-21-19(14)22(29)26-20(25-21)12-5-3-2-4-6-12/h2-9,14H,10-11H2,1H3,(H2,23,27)(H2,24,25,26,28,29). The number of aromatic nitrogens is 2. The minimum Gasteiger partial charge on any atom is -0.493 e. The van der Waals surface area contributed by atoms with Gasteiger partial charge in [0.25, 0.3) is 11.5 Å². The molecule has 0 bridgehead atoms. The molecule has 0 radical (unpaired) electrons. The van der Waals surface area contributed by atoms with Gasteiger partial charge >= 0.3 is 0 Å². The van der Waals surface area contributed by atoms with Gasteiger partial charge in [-0.05, 0) is 17.7 Å². The summed E-state index contributed by atoms with van der Waals surface area (Å²) in [6, 6.07) is 14.2. The molecule has 1 aliphatic heterocycles. The first-order valence-corrected chi connectivity index (χ1v) is 9.54. The maximum absolute atomic E-state index is 13.0. The largest absolute Gasteiger partial charge is 0.493 e. The molecule has 3 aromatic rings. The van der Waals surface area contributed by atoms with Gasteiger partial charge in [-0.15, -0.1) is 0 Å². The molecule has 1 unspecified atom stereocenters. The number of hydrogen-bond acceptors (Lipinski definition) is 6. The number of nitrogens with two attached hydrogens (primary N) is 1. The number of H-pyrrole nitrogens is 1. The van der Waals surface area contributed by atoms with Crippen molar-refractivity contribution in [2.75, 3.05) is 19.0 Å². The summed E-state index contributed by atoms with van der Waals surface area (Å²) in [7, 11) is 1.46. The molecule has 4 N–H and O–H groups in total. The van der Waals surface area contributed by atoms with Crippen molar-refractivity contribution in [3.05, 3.63) is 70.0 Å². The molecule has 158 valence electrons. The van der Waals surface area contributed by atoms with Gasteiger partial charge in [0.2, 0.25) is 5.91 Å². The summed E-state index contributed by atoms with van der Waals surface area (Å²) in [5, 5.41) is 2.71. The summed E-state index contributed by atoms with van der Waals surface area (Å²) in [6.07, 6.45) is 0.0765. The first-order chi connectivity index (χ1) is 15.0. The van der Waals surface area contributed by atoms with Crippen LogP contribution in [0.25, 0.3) is 11.4 Å². The number of fused-ring (bicyclic) bond motifs is 1. The summed E-state index contributed by atoms with van der Waals surface area (Å²) in [5.41, 5.74) is 6.57. The van der Waals surface area contributed by atoms with Gasteiger partial charge in [-0.3, -0.25) is 14.4 Å². The lowest BCUT2D eigenvalue weighted by atomic mass is 9.86. The number of ether oxygens (including phenoxy) is 2. The summed E-state index contributed by atoms with van der Waals surface area (Å²) in [5.74, 6) is -0.0918. The Morgan fingerprint density at radius 2 is 1.94 bits per heavy atom. The molecular formula is C22H20N4O5. The van der Waals surface area contributed by atoms with Crippen LogP contribution in [0, 0.1) is 0 Å². The number of rotatable bonds is 6. The zero-order valence-corrected chi connectivity index (χ0v) is 16.7. The summed E-state index contributed by atoms with van der Waals surface area (Å²) in [6.45, 7) is -0.295. The molecule has 0 saturated heterocycles. The smallest absolute Gasteiger partial charge is 0.257 e. The number of hydrogen-bond donors (Lipinski definition) is 3. The number of aromatic amines is 1. The van der Waals surface area contributed by atoms with Crippen molar-refractivity contribution in [3.63, 3.8) is 0 Å². The molecule has 0 fully saturated rings. The molecule has 9 nitrogen and oxygen atoms in total. The Kier molecular flexibility index (Phi) is 5.40. The third-order valence-corrected chi connectivity index (χ3v) is 4.96. The summed E-state index contributed by atoms with van der Waals surface area (Å²) in [4.78, 5) is 43.7. The van der Waals surface area contributed by atoms with Gasteiger partial charge in [0.1, 0.15) is 11.6 Å².